The number of aryl methyl sites for hydroxylation is 1. The number of rotatable bonds is 3. The fourth-order valence-corrected chi connectivity index (χ4v) is 3.65. The first-order valence-corrected chi connectivity index (χ1v) is 8.11. The Labute approximate surface area is 139 Å². The molecule has 3 rings (SSSR count). The van der Waals surface area contributed by atoms with Crippen LogP contribution in [0.1, 0.15) is 17.6 Å². The maximum Gasteiger partial charge on any atom is 0.111 e. The molecule has 0 amide bonds. The van der Waals surface area contributed by atoms with Gasteiger partial charge in [0.1, 0.15) is 5.82 Å². The number of imidazole rings is 1. The van der Waals surface area contributed by atoms with Gasteiger partial charge in [0.05, 0.1) is 22.8 Å². The van der Waals surface area contributed by atoms with Crippen molar-refractivity contribution >= 4 is 42.9 Å². The topological polar surface area (TPSA) is 56.7 Å². The first kappa shape index (κ1) is 14.7. The number of hydrogen-bond donors (Lipinski definition) is 1. The second kappa shape index (κ2) is 5.87. The monoisotopic (exact) mass is 408 g/mol. The molecule has 6 heteroatoms. The molecule has 0 aliphatic carbocycles. The van der Waals surface area contributed by atoms with Gasteiger partial charge in [-0.3, -0.25) is 4.98 Å². The lowest BCUT2D eigenvalue weighted by Gasteiger charge is -2.13. The second-order valence-electron chi connectivity index (χ2n) is 4.91. The van der Waals surface area contributed by atoms with Crippen molar-refractivity contribution in [2.75, 3.05) is 0 Å². The zero-order valence-electron chi connectivity index (χ0n) is 11.4. The Bertz CT molecular complexity index is 797. The number of nitrogens with two attached hydrogens (primary N) is 1. The summed E-state index contributed by atoms with van der Waals surface area (Å²) in [6.45, 7) is 0. The maximum absolute atomic E-state index is 6.31. The largest absolute Gasteiger partial charge is 0.331 e. The number of pyridine rings is 1. The van der Waals surface area contributed by atoms with E-state index in [4.69, 9.17) is 5.73 Å². The fraction of sp³-hybridized carbons (Fsp3) is 0.200. The van der Waals surface area contributed by atoms with Gasteiger partial charge in [-0.25, -0.2) is 4.98 Å². The van der Waals surface area contributed by atoms with Crippen molar-refractivity contribution in [1.29, 1.82) is 0 Å². The van der Waals surface area contributed by atoms with Crippen molar-refractivity contribution in [3.8, 4) is 0 Å². The fourth-order valence-electron chi connectivity index (χ4n) is 2.37. The summed E-state index contributed by atoms with van der Waals surface area (Å²) in [6, 6.07) is 9.83. The minimum Gasteiger partial charge on any atom is -0.331 e. The molecule has 108 valence electrons. The Balaban J connectivity index is 1.92. The number of para-hydroxylation sites is 2. The molecule has 0 saturated carbocycles. The summed E-state index contributed by atoms with van der Waals surface area (Å²) < 4.78 is 3.92. The highest BCUT2D eigenvalue weighted by atomic mass is 79.9. The first-order valence-electron chi connectivity index (χ1n) is 6.53. The summed E-state index contributed by atoms with van der Waals surface area (Å²) in [6.07, 6.45) is 2.40. The predicted molar refractivity (Wildman–Crippen MR) is 91.0 cm³/mol. The Morgan fingerprint density at radius 3 is 2.76 bits per heavy atom. The zero-order valence-corrected chi connectivity index (χ0v) is 14.6. The molecule has 0 saturated heterocycles. The molecule has 1 unspecified atom stereocenters. The molecule has 1 atom stereocenters. The third-order valence-corrected chi connectivity index (χ3v) is 4.54. The average Bonchev–Trinajstić information content (AvgIpc) is 2.76. The summed E-state index contributed by atoms with van der Waals surface area (Å²) in [7, 11) is 2.02. The van der Waals surface area contributed by atoms with Gasteiger partial charge in [0.2, 0.25) is 0 Å². The van der Waals surface area contributed by atoms with E-state index in [0.29, 0.717) is 6.42 Å². The van der Waals surface area contributed by atoms with Crippen LogP contribution in [0.5, 0.6) is 0 Å². The van der Waals surface area contributed by atoms with E-state index < -0.39 is 0 Å². The third-order valence-electron chi connectivity index (χ3n) is 3.47. The van der Waals surface area contributed by atoms with Crippen molar-refractivity contribution in [2.24, 2.45) is 12.8 Å². The minimum atomic E-state index is -0.206. The normalized spacial score (nSPS) is 12.8. The van der Waals surface area contributed by atoms with Crippen LogP contribution >= 0.6 is 31.9 Å². The molecule has 3 aromatic rings. The molecular formula is C15H14Br2N4. The van der Waals surface area contributed by atoms with Crippen LogP contribution in [0.15, 0.2) is 45.5 Å². The van der Waals surface area contributed by atoms with Gasteiger partial charge in [-0.1, -0.05) is 12.1 Å². The van der Waals surface area contributed by atoms with E-state index >= 15 is 0 Å². The van der Waals surface area contributed by atoms with Crippen LogP contribution < -0.4 is 5.73 Å². The van der Waals surface area contributed by atoms with Crippen LogP contribution in [0.4, 0.5) is 0 Å². The second-order valence-corrected chi connectivity index (χ2v) is 6.68. The lowest BCUT2D eigenvalue weighted by Crippen LogP contribution is -2.17. The summed E-state index contributed by atoms with van der Waals surface area (Å²) in [4.78, 5) is 9.06. The highest BCUT2D eigenvalue weighted by Gasteiger charge is 2.16. The molecule has 0 fully saturated rings. The van der Waals surface area contributed by atoms with Gasteiger partial charge in [0.15, 0.2) is 0 Å². The van der Waals surface area contributed by atoms with Gasteiger partial charge in [-0.05, 0) is 50.1 Å². The predicted octanol–water partition coefficient (Wildman–Crippen LogP) is 3.74. The molecule has 0 spiro atoms. The number of nitrogens with zero attached hydrogens (tertiary/aromatic N) is 3. The number of benzene rings is 1. The summed E-state index contributed by atoms with van der Waals surface area (Å²) in [5, 5.41) is 0. The third kappa shape index (κ3) is 2.88. The quantitative estimate of drug-likeness (QED) is 0.716. The molecule has 4 nitrogen and oxygen atoms in total. The van der Waals surface area contributed by atoms with E-state index in [2.05, 4.69) is 52.5 Å². The summed E-state index contributed by atoms with van der Waals surface area (Å²) in [5.74, 6) is 0.959. The molecule has 2 heterocycles. The van der Waals surface area contributed by atoms with Crippen LogP contribution in [0.2, 0.25) is 0 Å². The first-order chi connectivity index (χ1) is 10.1. The molecule has 21 heavy (non-hydrogen) atoms. The number of aromatic nitrogens is 3. The minimum absolute atomic E-state index is 0.206. The molecule has 0 aliphatic heterocycles. The molecule has 2 N–H and O–H groups in total. The zero-order chi connectivity index (χ0) is 15.0. The standard InChI is InChI=1S/C15H14Br2N4/c1-21-13-5-3-2-4-12(13)20-14(21)7-11(18)15-10(17)6-9(16)8-19-15/h2-6,8,11H,7,18H2,1H3. The lowest BCUT2D eigenvalue weighted by molar-refractivity contribution is 0.645. The molecule has 0 aliphatic rings. The van der Waals surface area contributed by atoms with Crippen LogP contribution in [0.3, 0.4) is 0 Å². The smallest absolute Gasteiger partial charge is 0.111 e. The van der Waals surface area contributed by atoms with Crippen molar-refractivity contribution < 1.29 is 0 Å². The molecule has 2 aromatic heterocycles. The van der Waals surface area contributed by atoms with Crippen molar-refractivity contribution in [3.05, 3.63) is 57.0 Å². The van der Waals surface area contributed by atoms with Crippen molar-refractivity contribution in [3.63, 3.8) is 0 Å². The van der Waals surface area contributed by atoms with E-state index in [1.807, 2.05) is 31.3 Å². The highest BCUT2D eigenvalue weighted by Crippen LogP contribution is 2.26. The molecule has 0 bridgehead atoms. The number of halogens is 2. The van der Waals surface area contributed by atoms with E-state index in [9.17, 15) is 0 Å². The van der Waals surface area contributed by atoms with Gasteiger partial charge < -0.3 is 10.3 Å². The Morgan fingerprint density at radius 1 is 1.29 bits per heavy atom. The molecular weight excluding hydrogens is 396 g/mol. The van der Waals surface area contributed by atoms with Gasteiger partial charge in [0, 0.05) is 28.6 Å². The van der Waals surface area contributed by atoms with E-state index in [0.717, 1.165) is 31.5 Å². The average molecular weight is 410 g/mol. The maximum atomic E-state index is 6.31. The Morgan fingerprint density at radius 2 is 2.05 bits per heavy atom. The summed E-state index contributed by atoms with van der Waals surface area (Å²) >= 11 is 6.91. The Kier molecular flexibility index (Phi) is 4.10. The number of hydrogen-bond acceptors (Lipinski definition) is 3. The van der Waals surface area contributed by atoms with Crippen LogP contribution in [0.25, 0.3) is 11.0 Å². The Hall–Kier alpha value is -1.24. The van der Waals surface area contributed by atoms with Crippen molar-refractivity contribution in [1.82, 2.24) is 14.5 Å². The summed E-state index contributed by atoms with van der Waals surface area (Å²) in [5.41, 5.74) is 9.25. The number of fused-ring (bicyclic) bond motifs is 1. The van der Waals surface area contributed by atoms with E-state index in [-0.39, 0.29) is 6.04 Å². The van der Waals surface area contributed by atoms with Crippen LogP contribution in [-0.2, 0) is 13.5 Å². The van der Waals surface area contributed by atoms with Gasteiger partial charge >= 0.3 is 0 Å². The lowest BCUT2D eigenvalue weighted by atomic mass is 10.1. The van der Waals surface area contributed by atoms with E-state index in [1.165, 1.54) is 0 Å². The SMILES string of the molecule is Cn1c(CC(N)c2ncc(Br)cc2Br)nc2ccccc21. The van der Waals surface area contributed by atoms with Crippen molar-refractivity contribution in [2.45, 2.75) is 12.5 Å². The van der Waals surface area contributed by atoms with E-state index in [1.54, 1.807) is 6.20 Å². The molecule has 1 aromatic carbocycles. The van der Waals surface area contributed by atoms with Crippen LogP contribution in [-0.4, -0.2) is 14.5 Å². The van der Waals surface area contributed by atoms with Gasteiger partial charge in [0.25, 0.3) is 0 Å². The molecule has 0 radical (unpaired) electrons. The van der Waals surface area contributed by atoms with Gasteiger partial charge in [-0.2, -0.15) is 0 Å². The highest BCUT2D eigenvalue weighted by molar-refractivity contribution is 9.11. The van der Waals surface area contributed by atoms with Crippen LogP contribution in [0, 0.1) is 0 Å². The van der Waals surface area contributed by atoms with Gasteiger partial charge in [-0.15, -0.1) is 0 Å².